The van der Waals surface area contributed by atoms with Crippen LogP contribution in [0.2, 0.25) is 0 Å². The summed E-state index contributed by atoms with van der Waals surface area (Å²) >= 11 is 0. The van der Waals surface area contributed by atoms with Gasteiger partial charge in [-0.1, -0.05) is 13.3 Å². The van der Waals surface area contributed by atoms with Crippen molar-refractivity contribution in [2.24, 2.45) is 5.84 Å². The van der Waals surface area contributed by atoms with Crippen LogP contribution in [0.15, 0.2) is 29.2 Å². The van der Waals surface area contributed by atoms with Crippen LogP contribution >= 0.6 is 0 Å². The molecule has 28 heavy (non-hydrogen) atoms. The topological polar surface area (TPSA) is 156 Å². The van der Waals surface area contributed by atoms with Gasteiger partial charge in [0.05, 0.1) is 11.5 Å². The molecule has 12 heteroatoms. The van der Waals surface area contributed by atoms with Crippen LogP contribution in [-0.4, -0.2) is 62.5 Å². The molecule has 0 spiro atoms. The number of carbonyl (C=O) groups is 1. The van der Waals surface area contributed by atoms with E-state index in [9.17, 15) is 21.6 Å². The fraction of sp³-hybridized carbons (Fsp3) is 0.562. The Hall–Kier alpha value is -1.73. The Morgan fingerprint density at radius 2 is 1.93 bits per heavy atom. The molecule has 158 valence electrons. The molecule has 2 atom stereocenters. The highest BCUT2D eigenvalue weighted by Gasteiger charge is 2.65. The Labute approximate surface area is 164 Å². The summed E-state index contributed by atoms with van der Waals surface area (Å²) in [7, 11) is -8.65. The first-order valence-electron chi connectivity index (χ1n) is 8.66. The summed E-state index contributed by atoms with van der Waals surface area (Å²) in [6.45, 7) is 2.34. The van der Waals surface area contributed by atoms with E-state index in [1.54, 1.807) is 0 Å². The molecule has 1 aliphatic heterocycles. The van der Waals surface area contributed by atoms with Crippen LogP contribution < -0.4 is 16.1 Å². The predicted molar refractivity (Wildman–Crippen MR) is 101 cm³/mol. The van der Waals surface area contributed by atoms with Gasteiger partial charge < -0.3 is 4.74 Å². The van der Waals surface area contributed by atoms with Gasteiger partial charge in [0.2, 0.25) is 4.87 Å². The molecule has 2 rings (SSSR count). The maximum Gasteiger partial charge on any atom is 0.282 e. The van der Waals surface area contributed by atoms with Crippen LogP contribution in [0, 0.1) is 0 Å². The molecule has 0 aromatic heterocycles. The number of hydrogen-bond acceptors (Lipinski definition) is 9. The fourth-order valence-corrected chi connectivity index (χ4v) is 7.69. The van der Waals surface area contributed by atoms with Crippen molar-refractivity contribution in [1.29, 1.82) is 0 Å². The zero-order valence-corrected chi connectivity index (χ0v) is 17.3. The molecule has 10 nitrogen and oxygen atoms in total. The molecule has 0 radical (unpaired) electrons. The first-order chi connectivity index (χ1) is 13.0. The number of unbranched alkanes of at least 4 members (excludes halogenated alkanes) is 1. The molecule has 1 saturated heterocycles. The van der Waals surface area contributed by atoms with E-state index in [-0.39, 0.29) is 17.9 Å². The zero-order valence-electron chi connectivity index (χ0n) is 15.7. The lowest BCUT2D eigenvalue weighted by atomic mass is 10.2. The molecule has 0 saturated carbocycles. The largest absolute Gasteiger partial charge is 0.494 e. The van der Waals surface area contributed by atoms with Gasteiger partial charge in [-0.2, -0.15) is 0 Å². The van der Waals surface area contributed by atoms with E-state index in [0.29, 0.717) is 23.6 Å². The summed E-state index contributed by atoms with van der Waals surface area (Å²) in [4.78, 5) is 9.52. The third-order valence-electron chi connectivity index (χ3n) is 4.78. The fourth-order valence-electron chi connectivity index (χ4n) is 3.37. The summed E-state index contributed by atoms with van der Waals surface area (Å²) in [5.74, 6) is 4.79. The summed E-state index contributed by atoms with van der Waals surface area (Å²) in [5, 5.41) is 8.03. The molecule has 1 aliphatic rings. The van der Waals surface area contributed by atoms with Crippen molar-refractivity contribution in [2.75, 3.05) is 19.4 Å². The van der Waals surface area contributed by atoms with Crippen LogP contribution in [0.25, 0.3) is 0 Å². The van der Waals surface area contributed by atoms with Gasteiger partial charge in [-0.25, -0.2) is 27.3 Å². The maximum atomic E-state index is 13.2. The second kappa shape index (κ2) is 8.33. The Balaban J connectivity index is 2.47. The van der Waals surface area contributed by atoms with Gasteiger partial charge in [0, 0.05) is 12.8 Å². The van der Waals surface area contributed by atoms with Crippen molar-refractivity contribution in [3.8, 4) is 5.75 Å². The zero-order chi connectivity index (χ0) is 21.2. The lowest BCUT2D eigenvalue weighted by Gasteiger charge is -2.35. The Morgan fingerprint density at radius 1 is 1.32 bits per heavy atom. The molecular weight excluding hydrogens is 410 g/mol. The monoisotopic (exact) mass is 435 g/mol. The molecule has 4 N–H and O–H groups in total. The molecule has 1 aromatic carbocycles. The van der Waals surface area contributed by atoms with Gasteiger partial charge in [0.25, 0.3) is 5.91 Å². The number of sulfone groups is 2. The molecule has 0 bridgehead atoms. The minimum atomic E-state index is -4.36. The summed E-state index contributed by atoms with van der Waals surface area (Å²) < 4.78 is 56.8. The Kier molecular flexibility index (Phi) is 6.71. The smallest absolute Gasteiger partial charge is 0.282 e. The van der Waals surface area contributed by atoms with Crippen LogP contribution in [-0.2, 0) is 24.5 Å². The molecule has 1 fully saturated rings. The number of nitrogens with two attached hydrogens (primary N) is 1. The summed E-state index contributed by atoms with van der Waals surface area (Å²) in [5.41, 5.74) is 1.25. The van der Waals surface area contributed by atoms with Crippen LogP contribution in [0.4, 0.5) is 0 Å². The number of rotatable bonds is 8. The molecule has 1 amide bonds. The lowest BCUT2D eigenvalue weighted by molar-refractivity contribution is -0.135. The molecule has 0 aliphatic carbocycles. The van der Waals surface area contributed by atoms with Crippen LogP contribution in [0.5, 0.6) is 5.75 Å². The number of hydrazine groups is 1. The Morgan fingerprint density at radius 3 is 2.43 bits per heavy atom. The first-order valence-corrected chi connectivity index (χ1v) is 12.1. The third-order valence-corrected chi connectivity index (χ3v) is 9.02. The van der Waals surface area contributed by atoms with Gasteiger partial charge in [-0.3, -0.25) is 15.8 Å². The van der Waals surface area contributed by atoms with E-state index in [2.05, 4.69) is 0 Å². The number of hydrogen-bond donors (Lipinski definition) is 3. The van der Waals surface area contributed by atoms with E-state index >= 15 is 0 Å². The van der Waals surface area contributed by atoms with E-state index < -0.39 is 35.7 Å². The third kappa shape index (κ3) is 3.74. The highest BCUT2D eigenvalue weighted by atomic mass is 32.2. The van der Waals surface area contributed by atoms with Crippen molar-refractivity contribution in [3.63, 3.8) is 0 Å². The van der Waals surface area contributed by atoms with E-state index in [1.165, 1.54) is 29.7 Å². The van der Waals surface area contributed by atoms with E-state index in [0.717, 1.165) is 12.8 Å². The van der Waals surface area contributed by atoms with Crippen molar-refractivity contribution >= 4 is 25.6 Å². The van der Waals surface area contributed by atoms with Gasteiger partial charge >= 0.3 is 0 Å². The van der Waals surface area contributed by atoms with Crippen molar-refractivity contribution in [2.45, 2.75) is 41.2 Å². The van der Waals surface area contributed by atoms with Gasteiger partial charge in [-0.05, 0) is 37.1 Å². The average molecular weight is 436 g/mol. The molecular formula is C16H25N3O7S2. The van der Waals surface area contributed by atoms with Gasteiger partial charge in [-0.15, -0.1) is 0 Å². The number of carbonyl (C=O) groups excluding carboxylic acids is 1. The molecule has 2 unspecified atom stereocenters. The van der Waals surface area contributed by atoms with E-state index in [1.807, 2.05) is 6.92 Å². The van der Waals surface area contributed by atoms with Crippen LogP contribution in [0.1, 0.15) is 26.2 Å². The first kappa shape index (κ1) is 22.6. The van der Waals surface area contributed by atoms with Gasteiger partial charge in [0.15, 0.2) is 19.7 Å². The van der Waals surface area contributed by atoms with Gasteiger partial charge in [0.1, 0.15) is 11.0 Å². The minimum absolute atomic E-state index is 0.164. The van der Waals surface area contributed by atoms with Crippen molar-refractivity contribution in [1.82, 2.24) is 10.5 Å². The minimum Gasteiger partial charge on any atom is -0.494 e. The second-order valence-corrected chi connectivity index (χ2v) is 10.9. The number of ether oxygens (including phenoxy) is 1. The maximum absolute atomic E-state index is 13.2. The highest BCUT2D eigenvalue weighted by molar-refractivity contribution is 7.96. The van der Waals surface area contributed by atoms with Crippen LogP contribution in [0.3, 0.4) is 0 Å². The average Bonchev–Trinajstić information content (AvgIpc) is 3.00. The molecule has 1 heterocycles. The summed E-state index contributed by atoms with van der Waals surface area (Å²) in [6, 6.07) is 5.51. The SMILES string of the molecule is CCCCOc1ccc(S(=O)(=O)C2CCN(N)C2(C(=O)NO)S(C)(=O)=O)cc1. The highest BCUT2D eigenvalue weighted by Crippen LogP contribution is 2.39. The quantitative estimate of drug-likeness (QED) is 0.218. The lowest BCUT2D eigenvalue weighted by Crippen LogP contribution is -2.68. The number of benzene rings is 1. The number of hydroxylamine groups is 1. The van der Waals surface area contributed by atoms with Crippen molar-refractivity contribution in [3.05, 3.63) is 24.3 Å². The normalized spacial score (nSPS) is 23.5. The number of nitrogens with zero attached hydrogens (tertiary/aromatic N) is 1. The number of nitrogens with one attached hydrogen (secondary N) is 1. The standard InChI is InChI=1S/C16H25N3O7S2/c1-3-4-11-26-12-5-7-13(8-6-12)28(24,25)14-9-10-19(17)16(14,15(20)18-21)27(2,22)23/h5-8,14,21H,3-4,9-11,17H2,1-2H3,(H,18,20). The Bertz CT molecular complexity index is 916. The second-order valence-electron chi connectivity index (χ2n) is 6.60. The summed E-state index contributed by atoms with van der Waals surface area (Å²) in [6.07, 6.45) is 2.31. The molecule has 1 aromatic rings. The van der Waals surface area contributed by atoms with Crippen molar-refractivity contribution < 1.29 is 31.6 Å². The van der Waals surface area contributed by atoms with E-state index in [4.69, 9.17) is 15.8 Å². The number of amides is 1. The predicted octanol–water partition coefficient (Wildman–Crippen LogP) is -0.166.